The molecule has 1 aliphatic rings. The highest BCUT2D eigenvalue weighted by Gasteiger charge is 2.43. The number of carbonyl (C=O) groups excluding carboxylic acids is 2. The highest BCUT2D eigenvalue weighted by atomic mass is 32.2. The molecule has 30 heavy (non-hydrogen) atoms. The lowest BCUT2D eigenvalue weighted by Crippen LogP contribution is -2.52. The normalized spacial score (nSPS) is 19.7. The quantitative estimate of drug-likeness (QED) is 0.703. The SMILES string of the molecule is Cc1ccccc1C(=O)N1[C@@H](C(=O)N[C@@H](C)CCc2ccccc2)CS[C@H]1C(C)C. The molecule has 4 nitrogen and oxygen atoms in total. The second kappa shape index (κ2) is 10.2. The van der Waals surface area contributed by atoms with E-state index < -0.39 is 6.04 Å². The molecule has 2 aromatic carbocycles. The summed E-state index contributed by atoms with van der Waals surface area (Å²) in [4.78, 5) is 28.4. The third-order valence-electron chi connectivity index (χ3n) is 5.62. The average Bonchev–Trinajstić information content (AvgIpc) is 3.18. The molecule has 2 aromatic rings. The Morgan fingerprint density at radius 1 is 1.07 bits per heavy atom. The molecule has 1 heterocycles. The standard InChI is InChI=1S/C25H32N2O2S/c1-17(2)25-27(24(29)21-13-9-8-10-18(21)3)22(16-30-25)23(28)26-19(4)14-15-20-11-6-5-7-12-20/h5-13,17,19,22,25H,14-16H2,1-4H3,(H,26,28)/t19-,22+,25-/m0/s1. The lowest BCUT2D eigenvalue weighted by molar-refractivity contribution is -0.125. The van der Waals surface area contributed by atoms with Gasteiger partial charge in [-0.1, -0.05) is 62.4 Å². The number of amides is 2. The van der Waals surface area contributed by atoms with Crippen molar-refractivity contribution in [1.29, 1.82) is 0 Å². The van der Waals surface area contributed by atoms with Crippen LogP contribution in [-0.4, -0.2) is 39.9 Å². The summed E-state index contributed by atoms with van der Waals surface area (Å²) in [6.45, 7) is 8.20. The summed E-state index contributed by atoms with van der Waals surface area (Å²) < 4.78 is 0. The Kier molecular flexibility index (Phi) is 7.59. The van der Waals surface area contributed by atoms with Gasteiger partial charge in [0.1, 0.15) is 6.04 Å². The molecule has 0 saturated carbocycles. The zero-order chi connectivity index (χ0) is 21.7. The van der Waals surface area contributed by atoms with Crippen LogP contribution in [0.5, 0.6) is 0 Å². The lowest BCUT2D eigenvalue weighted by Gasteiger charge is -2.32. The number of rotatable bonds is 7. The van der Waals surface area contributed by atoms with Crippen LogP contribution >= 0.6 is 11.8 Å². The number of hydrogen-bond donors (Lipinski definition) is 1. The molecule has 3 rings (SSSR count). The fraction of sp³-hybridized carbons (Fsp3) is 0.440. The summed E-state index contributed by atoms with van der Waals surface area (Å²) in [5.74, 6) is 0.816. The van der Waals surface area contributed by atoms with Gasteiger partial charge in [0.15, 0.2) is 0 Å². The van der Waals surface area contributed by atoms with Crippen molar-refractivity contribution in [2.24, 2.45) is 5.92 Å². The number of benzene rings is 2. The number of carbonyl (C=O) groups is 2. The minimum atomic E-state index is -0.436. The Morgan fingerprint density at radius 2 is 1.73 bits per heavy atom. The first-order valence-corrected chi connectivity index (χ1v) is 11.8. The van der Waals surface area contributed by atoms with Crippen LogP contribution in [-0.2, 0) is 11.2 Å². The van der Waals surface area contributed by atoms with Crippen LogP contribution < -0.4 is 5.32 Å². The van der Waals surface area contributed by atoms with Gasteiger partial charge in [-0.15, -0.1) is 11.8 Å². The number of hydrogen-bond acceptors (Lipinski definition) is 3. The molecule has 0 unspecified atom stereocenters. The van der Waals surface area contributed by atoms with Crippen LogP contribution in [0.2, 0.25) is 0 Å². The van der Waals surface area contributed by atoms with Crippen molar-refractivity contribution in [3.05, 3.63) is 71.3 Å². The third-order valence-corrected chi connectivity index (χ3v) is 7.24. The van der Waals surface area contributed by atoms with Crippen LogP contribution in [0.4, 0.5) is 0 Å². The second-order valence-electron chi connectivity index (χ2n) is 8.44. The Bertz CT molecular complexity index is 868. The van der Waals surface area contributed by atoms with Crippen molar-refractivity contribution >= 4 is 23.6 Å². The Labute approximate surface area is 184 Å². The van der Waals surface area contributed by atoms with Crippen LogP contribution in [0.3, 0.4) is 0 Å². The molecule has 0 aromatic heterocycles. The predicted molar refractivity (Wildman–Crippen MR) is 125 cm³/mol. The largest absolute Gasteiger partial charge is 0.352 e. The highest BCUT2D eigenvalue weighted by molar-refractivity contribution is 8.00. The summed E-state index contributed by atoms with van der Waals surface area (Å²) in [5.41, 5.74) is 2.89. The van der Waals surface area contributed by atoms with Gasteiger partial charge in [-0.2, -0.15) is 0 Å². The van der Waals surface area contributed by atoms with E-state index in [1.54, 1.807) is 11.8 Å². The van der Waals surface area contributed by atoms with Crippen LogP contribution in [0, 0.1) is 12.8 Å². The molecule has 1 fully saturated rings. The van der Waals surface area contributed by atoms with E-state index in [0.717, 1.165) is 18.4 Å². The summed E-state index contributed by atoms with van der Waals surface area (Å²) in [5, 5.41) is 3.16. The molecule has 0 spiro atoms. The fourth-order valence-corrected chi connectivity index (χ4v) is 5.37. The van der Waals surface area contributed by atoms with E-state index in [1.807, 2.05) is 61.2 Å². The number of nitrogens with one attached hydrogen (secondary N) is 1. The molecular formula is C25H32N2O2S. The van der Waals surface area contributed by atoms with Gasteiger partial charge in [-0.25, -0.2) is 0 Å². The molecular weight excluding hydrogens is 392 g/mol. The molecule has 1 aliphatic heterocycles. The molecule has 0 radical (unpaired) electrons. The van der Waals surface area contributed by atoms with Crippen LogP contribution in [0.15, 0.2) is 54.6 Å². The topological polar surface area (TPSA) is 49.4 Å². The van der Waals surface area contributed by atoms with Crippen LogP contribution in [0.25, 0.3) is 0 Å². The van der Waals surface area contributed by atoms with Crippen molar-refractivity contribution in [3.63, 3.8) is 0 Å². The van der Waals surface area contributed by atoms with Gasteiger partial charge >= 0.3 is 0 Å². The maximum absolute atomic E-state index is 13.4. The minimum Gasteiger partial charge on any atom is -0.352 e. The maximum Gasteiger partial charge on any atom is 0.255 e. The van der Waals surface area contributed by atoms with E-state index in [-0.39, 0.29) is 29.1 Å². The monoisotopic (exact) mass is 424 g/mol. The Balaban J connectivity index is 1.70. The van der Waals surface area contributed by atoms with Crippen molar-refractivity contribution < 1.29 is 9.59 Å². The van der Waals surface area contributed by atoms with E-state index >= 15 is 0 Å². The van der Waals surface area contributed by atoms with Crippen molar-refractivity contribution in [2.45, 2.75) is 58.0 Å². The first-order chi connectivity index (χ1) is 14.4. The zero-order valence-electron chi connectivity index (χ0n) is 18.3. The van der Waals surface area contributed by atoms with Crippen molar-refractivity contribution in [1.82, 2.24) is 10.2 Å². The van der Waals surface area contributed by atoms with Gasteiger partial charge in [0.25, 0.3) is 5.91 Å². The van der Waals surface area contributed by atoms with E-state index in [1.165, 1.54) is 5.56 Å². The molecule has 1 N–H and O–H groups in total. The molecule has 160 valence electrons. The maximum atomic E-state index is 13.4. The summed E-state index contributed by atoms with van der Waals surface area (Å²) in [6, 6.07) is 17.5. The highest BCUT2D eigenvalue weighted by Crippen LogP contribution is 2.35. The molecule has 0 aliphatic carbocycles. The number of nitrogens with zero attached hydrogens (tertiary/aromatic N) is 1. The van der Waals surface area contributed by atoms with Crippen molar-refractivity contribution in [2.75, 3.05) is 5.75 Å². The first-order valence-electron chi connectivity index (χ1n) is 10.7. The molecule has 3 atom stereocenters. The summed E-state index contributed by atoms with van der Waals surface area (Å²) >= 11 is 1.71. The Morgan fingerprint density at radius 3 is 2.40 bits per heavy atom. The fourth-order valence-electron chi connectivity index (χ4n) is 3.89. The average molecular weight is 425 g/mol. The van der Waals surface area contributed by atoms with Gasteiger partial charge in [-0.05, 0) is 49.8 Å². The Hall–Kier alpha value is -2.27. The van der Waals surface area contributed by atoms with Gasteiger partial charge in [-0.3, -0.25) is 9.59 Å². The predicted octanol–water partition coefficient (Wildman–Crippen LogP) is 4.67. The van der Waals surface area contributed by atoms with Gasteiger partial charge in [0.2, 0.25) is 5.91 Å². The van der Waals surface area contributed by atoms with Crippen molar-refractivity contribution in [3.8, 4) is 0 Å². The molecule has 2 amide bonds. The van der Waals surface area contributed by atoms with Crippen LogP contribution in [0.1, 0.15) is 48.7 Å². The van der Waals surface area contributed by atoms with E-state index in [0.29, 0.717) is 11.3 Å². The van der Waals surface area contributed by atoms with E-state index in [9.17, 15) is 9.59 Å². The van der Waals surface area contributed by atoms with Gasteiger partial charge in [0.05, 0.1) is 5.37 Å². The number of aryl methyl sites for hydroxylation is 2. The van der Waals surface area contributed by atoms with E-state index in [4.69, 9.17) is 0 Å². The third kappa shape index (κ3) is 5.25. The smallest absolute Gasteiger partial charge is 0.255 e. The first kappa shape index (κ1) is 22.4. The summed E-state index contributed by atoms with van der Waals surface area (Å²) in [7, 11) is 0. The number of thioether (sulfide) groups is 1. The summed E-state index contributed by atoms with van der Waals surface area (Å²) in [6.07, 6.45) is 1.79. The molecule has 5 heteroatoms. The van der Waals surface area contributed by atoms with Gasteiger partial charge < -0.3 is 10.2 Å². The molecule has 0 bridgehead atoms. The minimum absolute atomic E-state index is 0.00693. The zero-order valence-corrected chi connectivity index (χ0v) is 19.1. The second-order valence-corrected chi connectivity index (χ2v) is 9.59. The van der Waals surface area contributed by atoms with Gasteiger partial charge in [0, 0.05) is 17.4 Å². The molecule has 1 saturated heterocycles. The lowest BCUT2D eigenvalue weighted by atomic mass is 10.0. The van der Waals surface area contributed by atoms with E-state index in [2.05, 4.69) is 31.3 Å².